The maximum Gasteiger partial charge on any atom is 0.0700 e. The van der Waals surface area contributed by atoms with Crippen LogP contribution in [0.2, 0.25) is 0 Å². The van der Waals surface area contributed by atoms with E-state index in [9.17, 15) is 0 Å². The summed E-state index contributed by atoms with van der Waals surface area (Å²) in [6.45, 7) is 3.26. The minimum atomic E-state index is 0.518. The van der Waals surface area contributed by atoms with E-state index in [0.717, 1.165) is 19.1 Å². The van der Waals surface area contributed by atoms with Crippen LogP contribution in [-0.4, -0.2) is 25.8 Å². The Hall–Kier alpha value is -0.0800. The van der Waals surface area contributed by atoms with Gasteiger partial charge < -0.3 is 10.1 Å². The third kappa shape index (κ3) is 2.76. The molecule has 12 heavy (non-hydrogen) atoms. The minimum absolute atomic E-state index is 0.518. The van der Waals surface area contributed by atoms with Crippen molar-refractivity contribution in [1.82, 2.24) is 5.32 Å². The molecule has 2 nitrogen and oxygen atoms in total. The van der Waals surface area contributed by atoms with Gasteiger partial charge in [-0.25, -0.2) is 0 Å². The Kier molecular flexibility index (Phi) is 3.01. The highest BCUT2D eigenvalue weighted by Crippen LogP contribution is 2.31. The lowest BCUT2D eigenvalue weighted by Gasteiger charge is -2.09. The second-order valence-electron chi connectivity index (χ2n) is 4.07. The molecular formula is C10H19NO. The molecule has 1 aliphatic carbocycles. The van der Waals surface area contributed by atoms with E-state index in [1.807, 2.05) is 0 Å². The molecule has 1 aliphatic heterocycles. The van der Waals surface area contributed by atoms with Gasteiger partial charge in [-0.2, -0.15) is 0 Å². The summed E-state index contributed by atoms with van der Waals surface area (Å²) >= 11 is 0. The predicted molar refractivity (Wildman–Crippen MR) is 49.2 cm³/mol. The lowest BCUT2D eigenvalue weighted by atomic mass is 10.2. The van der Waals surface area contributed by atoms with Crippen LogP contribution in [0, 0.1) is 5.92 Å². The van der Waals surface area contributed by atoms with E-state index in [4.69, 9.17) is 4.74 Å². The normalized spacial score (nSPS) is 29.5. The second kappa shape index (κ2) is 4.24. The second-order valence-corrected chi connectivity index (χ2v) is 4.07. The fourth-order valence-corrected chi connectivity index (χ4v) is 1.78. The summed E-state index contributed by atoms with van der Waals surface area (Å²) in [5.74, 6) is 1.06. The van der Waals surface area contributed by atoms with Gasteiger partial charge in [0.1, 0.15) is 0 Å². The summed E-state index contributed by atoms with van der Waals surface area (Å²) in [4.78, 5) is 0. The first-order chi connectivity index (χ1) is 5.95. The molecule has 0 aromatic rings. The average Bonchev–Trinajstić information content (AvgIpc) is 2.76. The molecular weight excluding hydrogens is 150 g/mol. The summed E-state index contributed by atoms with van der Waals surface area (Å²) in [7, 11) is 0. The third-order valence-corrected chi connectivity index (χ3v) is 2.82. The molecule has 0 aromatic carbocycles. The van der Waals surface area contributed by atoms with Gasteiger partial charge in [-0.3, -0.25) is 0 Å². The Labute approximate surface area is 74.7 Å². The van der Waals surface area contributed by atoms with E-state index >= 15 is 0 Å². The van der Waals surface area contributed by atoms with Crippen molar-refractivity contribution < 1.29 is 4.74 Å². The first-order valence-electron chi connectivity index (χ1n) is 5.27. The summed E-state index contributed by atoms with van der Waals surface area (Å²) < 4.78 is 5.51. The topological polar surface area (TPSA) is 21.3 Å². The zero-order valence-electron chi connectivity index (χ0n) is 7.72. The number of hydrogen-bond acceptors (Lipinski definition) is 2. The van der Waals surface area contributed by atoms with Crippen molar-refractivity contribution in [3.8, 4) is 0 Å². The van der Waals surface area contributed by atoms with E-state index < -0.39 is 0 Å². The Balaban J connectivity index is 1.44. The fraction of sp³-hybridized carbons (Fsp3) is 1.00. The quantitative estimate of drug-likeness (QED) is 0.631. The molecule has 70 valence electrons. The Morgan fingerprint density at radius 1 is 1.25 bits per heavy atom. The lowest BCUT2D eigenvalue weighted by molar-refractivity contribution is 0.110. The number of ether oxygens (including phenoxy) is 1. The molecule has 1 unspecified atom stereocenters. The molecule has 0 radical (unpaired) electrons. The maximum atomic E-state index is 5.51. The highest BCUT2D eigenvalue weighted by molar-refractivity contribution is 4.74. The van der Waals surface area contributed by atoms with Gasteiger partial charge in [-0.05, 0) is 31.7 Å². The average molecular weight is 169 g/mol. The summed E-state index contributed by atoms with van der Waals surface area (Å²) in [6.07, 6.45) is 7.37. The van der Waals surface area contributed by atoms with Gasteiger partial charge in [0.05, 0.1) is 6.10 Å². The van der Waals surface area contributed by atoms with Crippen LogP contribution in [0.4, 0.5) is 0 Å². The minimum Gasteiger partial charge on any atom is -0.377 e. The largest absolute Gasteiger partial charge is 0.377 e. The van der Waals surface area contributed by atoms with Crippen LogP contribution in [-0.2, 0) is 4.74 Å². The predicted octanol–water partition coefficient (Wildman–Crippen LogP) is 1.56. The Morgan fingerprint density at radius 2 is 2.17 bits per heavy atom. The molecule has 1 N–H and O–H groups in total. The molecule has 1 heterocycles. The molecule has 1 atom stereocenters. The Morgan fingerprint density at radius 3 is 2.83 bits per heavy atom. The van der Waals surface area contributed by atoms with Crippen molar-refractivity contribution in [2.45, 2.75) is 38.2 Å². The Bertz CT molecular complexity index is 128. The van der Waals surface area contributed by atoms with E-state index in [1.54, 1.807) is 0 Å². The van der Waals surface area contributed by atoms with Gasteiger partial charge >= 0.3 is 0 Å². The van der Waals surface area contributed by atoms with Crippen LogP contribution in [0.3, 0.4) is 0 Å². The molecule has 0 amide bonds. The summed E-state index contributed by atoms with van der Waals surface area (Å²) in [6, 6.07) is 0. The van der Waals surface area contributed by atoms with Crippen LogP contribution in [0.5, 0.6) is 0 Å². The molecule has 1 saturated heterocycles. The third-order valence-electron chi connectivity index (χ3n) is 2.82. The summed E-state index contributed by atoms with van der Waals surface area (Å²) in [5.41, 5.74) is 0. The highest BCUT2D eigenvalue weighted by atomic mass is 16.5. The first kappa shape index (κ1) is 8.52. The van der Waals surface area contributed by atoms with Gasteiger partial charge in [0, 0.05) is 13.2 Å². The van der Waals surface area contributed by atoms with Crippen molar-refractivity contribution in [2.75, 3.05) is 19.7 Å². The van der Waals surface area contributed by atoms with E-state index in [1.165, 1.54) is 38.6 Å². The zero-order valence-corrected chi connectivity index (χ0v) is 7.72. The molecule has 0 spiro atoms. The van der Waals surface area contributed by atoms with Crippen molar-refractivity contribution in [3.05, 3.63) is 0 Å². The summed E-state index contributed by atoms with van der Waals surface area (Å²) in [5, 5.41) is 3.47. The number of rotatable bonds is 5. The van der Waals surface area contributed by atoms with E-state index in [-0.39, 0.29) is 0 Å². The molecule has 1 saturated carbocycles. The van der Waals surface area contributed by atoms with Gasteiger partial charge in [0.2, 0.25) is 0 Å². The van der Waals surface area contributed by atoms with E-state index in [2.05, 4.69) is 5.32 Å². The molecule has 2 rings (SSSR count). The maximum absolute atomic E-state index is 5.51. The van der Waals surface area contributed by atoms with Crippen LogP contribution in [0.15, 0.2) is 0 Å². The van der Waals surface area contributed by atoms with Crippen LogP contribution < -0.4 is 5.32 Å². The molecule has 0 aromatic heterocycles. The smallest absolute Gasteiger partial charge is 0.0700 e. The fourth-order valence-electron chi connectivity index (χ4n) is 1.78. The number of nitrogens with one attached hydrogen (secondary N) is 1. The van der Waals surface area contributed by atoms with Gasteiger partial charge in [0.25, 0.3) is 0 Å². The van der Waals surface area contributed by atoms with Gasteiger partial charge in [-0.15, -0.1) is 0 Å². The molecule has 2 heteroatoms. The van der Waals surface area contributed by atoms with Gasteiger partial charge in [0.15, 0.2) is 0 Å². The monoisotopic (exact) mass is 169 g/mol. The van der Waals surface area contributed by atoms with Crippen LogP contribution in [0.1, 0.15) is 32.1 Å². The molecule has 2 fully saturated rings. The van der Waals surface area contributed by atoms with Crippen LogP contribution >= 0.6 is 0 Å². The van der Waals surface area contributed by atoms with Crippen molar-refractivity contribution in [2.24, 2.45) is 5.92 Å². The first-order valence-corrected chi connectivity index (χ1v) is 5.27. The standard InChI is InChI=1S/C10H19NO/c1-2-10(12-7-1)8-11-6-5-9-3-4-9/h9-11H,1-8H2. The zero-order chi connectivity index (χ0) is 8.23. The van der Waals surface area contributed by atoms with E-state index in [0.29, 0.717) is 6.10 Å². The molecule has 0 bridgehead atoms. The van der Waals surface area contributed by atoms with Crippen LogP contribution in [0.25, 0.3) is 0 Å². The van der Waals surface area contributed by atoms with Crippen molar-refractivity contribution in [1.29, 1.82) is 0 Å². The highest BCUT2D eigenvalue weighted by Gasteiger charge is 2.20. The lowest BCUT2D eigenvalue weighted by Crippen LogP contribution is -2.27. The van der Waals surface area contributed by atoms with Crippen molar-refractivity contribution >= 4 is 0 Å². The SMILES string of the molecule is C1COC(CNCCC2CC2)C1. The van der Waals surface area contributed by atoms with Crippen molar-refractivity contribution in [3.63, 3.8) is 0 Å². The van der Waals surface area contributed by atoms with Gasteiger partial charge in [-0.1, -0.05) is 12.8 Å². The number of hydrogen-bond donors (Lipinski definition) is 1. The molecule has 2 aliphatic rings.